The summed E-state index contributed by atoms with van der Waals surface area (Å²) in [5.74, 6) is 0. The minimum Gasteiger partial charge on any atom is -0.399 e. The lowest BCUT2D eigenvalue weighted by molar-refractivity contribution is 1.11. The van der Waals surface area contributed by atoms with Crippen molar-refractivity contribution in [2.75, 3.05) is 5.73 Å². The van der Waals surface area contributed by atoms with Crippen LogP contribution < -0.4 is 5.73 Å². The second kappa shape index (κ2) is 4.36. The molecule has 15 heavy (non-hydrogen) atoms. The molecule has 0 spiro atoms. The Kier molecular flexibility index (Phi) is 2.92. The van der Waals surface area contributed by atoms with E-state index in [0.717, 1.165) is 15.6 Å². The minimum atomic E-state index is 0.788. The van der Waals surface area contributed by atoms with Gasteiger partial charge in [-0.05, 0) is 48.9 Å². The fourth-order valence-electron chi connectivity index (χ4n) is 1.22. The molecule has 0 amide bonds. The summed E-state index contributed by atoms with van der Waals surface area (Å²) in [7, 11) is 0. The molecule has 1 aromatic carbocycles. The number of nitrogen functional groups attached to an aromatic ring is 1. The van der Waals surface area contributed by atoms with Crippen LogP contribution in [0, 0.1) is 6.92 Å². The van der Waals surface area contributed by atoms with E-state index in [0.29, 0.717) is 0 Å². The summed E-state index contributed by atoms with van der Waals surface area (Å²) >= 11 is 1.64. The first-order valence-electron chi connectivity index (χ1n) is 4.70. The van der Waals surface area contributed by atoms with Crippen LogP contribution >= 0.6 is 11.8 Å². The third kappa shape index (κ3) is 2.73. The molecule has 0 saturated heterocycles. The summed E-state index contributed by atoms with van der Waals surface area (Å²) < 4.78 is 0. The molecule has 0 radical (unpaired) electrons. The molecule has 0 aliphatic carbocycles. The van der Waals surface area contributed by atoms with Crippen LogP contribution in [0.2, 0.25) is 0 Å². The fraction of sp³-hybridized carbons (Fsp3) is 0.0833. The van der Waals surface area contributed by atoms with Crippen molar-refractivity contribution in [2.24, 2.45) is 0 Å². The smallest absolute Gasteiger partial charge is 0.101 e. The van der Waals surface area contributed by atoms with Crippen LogP contribution in [0.15, 0.2) is 52.5 Å². The Morgan fingerprint density at radius 1 is 1.13 bits per heavy atom. The lowest BCUT2D eigenvalue weighted by atomic mass is 10.3. The number of anilines is 1. The molecule has 2 aromatic rings. The number of nitrogens with zero attached hydrogens (tertiary/aromatic N) is 1. The molecule has 0 fully saturated rings. The van der Waals surface area contributed by atoms with Gasteiger partial charge in [-0.25, -0.2) is 4.98 Å². The third-order valence-corrected chi connectivity index (χ3v) is 2.93. The van der Waals surface area contributed by atoms with Crippen molar-refractivity contribution in [1.82, 2.24) is 4.98 Å². The van der Waals surface area contributed by atoms with Crippen LogP contribution in [0.5, 0.6) is 0 Å². The highest BCUT2D eigenvalue weighted by Gasteiger charge is 1.98. The van der Waals surface area contributed by atoms with Gasteiger partial charge in [0, 0.05) is 16.8 Å². The van der Waals surface area contributed by atoms with Gasteiger partial charge >= 0.3 is 0 Å². The Morgan fingerprint density at radius 3 is 2.53 bits per heavy atom. The van der Waals surface area contributed by atoms with Crippen LogP contribution in [-0.4, -0.2) is 4.98 Å². The quantitative estimate of drug-likeness (QED) is 0.784. The van der Waals surface area contributed by atoms with Crippen molar-refractivity contribution >= 4 is 17.4 Å². The first-order chi connectivity index (χ1) is 7.24. The number of hydrogen-bond acceptors (Lipinski definition) is 3. The standard InChI is InChI=1S/C12H12N2S/c1-9-6-7-14-12(8-9)15-11-4-2-10(13)3-5-11/h2-8H,13H2,1H3. The van der Waals surface area contributed by atoms with E-state index in [4.69, 9.17) is 5.73 Å². The zero-order chi connectivity index (χ0) is 10.7. The van der Waals surface area contributed by atoms with Gasteiger partial charge in [0.1, 0.15) is 5.03 Å². The van der Waals surface area contributed by atoms with Crippen molar-refractivity contribution in [2.45, 2.75) is 16.8 Å². The molecule has 0 unspecified atom stereocenters. The topological polar surface area (TPSA) is 38.9 Å². The van der Waals surface area contributed by atoms with Crippen LogP contribution in [-0.2, 0) is 0 Å². The summed E-state index contributed by atoms with van der Waals surface area (Å²) in [6.07, 6.45) is 1.83. The van der Waals surface area contributed by atoms with Gasteiger partial charge in [-0.2, -0.15) is 0 Å². The molecule has 76 valence electrons. The van der Waals surface area contributed by atoms with Crippen molar-refractivity contribution in [3.05, 3.63) is 48.2 Å². The third-order valence-electron chi connectivity index (χ3n) is 1.99. The van der Waals surface area contributed by atoms with E-state index in [1.54, 1.807) is 11.8 Å². The van der Waals surface area contributed by atoms with Crippen molar-refractivity contribution < 1.29 is 0 Å². The van der Waals surface area contributed by atoms with E-state index in [1.807, 2.05) is 36.5 Å². The normalized spacial score (nSPS) is 10.2. The largest absolute Gasteiger partial charge is 0.399 e. The van der Waals surface area contributed by atoms with Gasteiger partial charge in [0.25, 0.3) is 0 Å². The Labute approximate surface area is 93.5 Å². The monoisotopic (exact) mass is 216 g/mol. The van der Waals surface area contributed by atoms with Gasteiger partial charge < -0.3 is 5.73 Å². The van der Waals surface area contributed by atoms with E-state index in [1.165, 1.54) is 5.56 Å². The average molecular weight is 216 g/mol. The molecule has 1 aromatic heterocycles. The molecule has 0 atom stereocenters. The molecule has 0 saturated carbocycles. The van der Waals surface area contributed by atoms with E-state index in [2.05, 4.69) is 18.0 Å². The molecule has 0 aliphatic rings. The maximum absolute atomic E-state index is 5.62. The van der Waals surface area contributed by atoms with Crippen LogP contribution in [0.3, 0.4) is 0 Å². The van der Waals surface area contributed by atoms with E-state index in [9.17, 15) is 0 Å². The summed E-state index contributed by atoms with van der Waals surface area (Å²) in [6.45, 7) is 2.06. The van der Waals surface area contributed by atoms with Crippen molar-refractivity contribution in [3.63, 3.8) is 0 Å². The Balaban J connectivity index is 2.18. The molecule has 1 heterocycles. The average Bonchev–Trinajstić information content (AvgIpc) is 2.22. The maximum Gasteiger partial charge on any atom is 0.101 e. The van der Waals surface area contributed by atoms with Crippen LogP contribution in [0.25, 0.3) is 0 Å². The molecular formula is C12H12N2S. The minimum absolute atomic E-state index is 0.788. The molecule has 2 nitrogen and oxygen atoms in total. The number of pyridine rings is 1. The maximum atomic E-state index is 5.62. The highest BCUT2D eigenvalue weighted by atomic mass is 32.2. The van der Waals surface area contributed by atoms with Crippen molar-refractivity contribution in [3.8, 4) is 0 Å². The second-order valence-corrected chi connectivity index (χ2v) is 4.44. The molecule has 2 rings (SSSR count). The van der Waals surface area contributed by atoms with Crippen LogP contribution in [0.4, 0.5) is 5.69 Å². The Hall–Kier alpha value is -1.48. The predicted molar refractivity (Wildman–Crippen MR) is 64.0 cm³/mol. The van der Waals surface area contributed by atoms with Gasteiger partial charge in [0.15, 0.2) is 0 Å². The number of aromatic nitrogens is 1. The number of nitrogens with two attached hydrogens (primary N) is 1. The summed E-state index contributed by atoms with van der Waals surface area (Å²) in [5.41, 5.74) is 7.63. The molecule has 3 heteroatoms. The van der Waals surface area contributed by atoms with Crippen molar-refractivity contribution in [1.29, 1.82) is 0 Å². The van der Waals surface area contributed by atoms with Gasteiger partial charge in [0.05, 0.1) is 0 Å². The molecule has 0 bridgehead atoms. The number of aryl methyl sites for hydroxylation is 1. The Bertz CT molecular complexity index is 451. The number of rotatable bonds is 2. The Morgan fingerprint density at radius 2 is 1.87 bits per heavy atom. The number of hydrogen-bond donors (Lipinski definition) is 1. The zero-order valence-corrected chi connectivity index (χ0v) is 9.29. The summed E-state index contributed by atoms with van der Waals surface area (Å²) in [6, 6.07) is 11.9. The molecular weight excluding hydrogens is 204 g/mol. The SMILES string of the molecule is Cc1ccnc(Sc2ccc(N)cc2)c1. The summed E-state index contributed by atoms with van der Waals surface area (Å²) in [4.78, 5) is 5.44. The van der Waals surface area contributed by atoms with Gasteiger partial charge in [-0.1, -0.05) is 11.8 Å². The first kappa shape index (κ1) is 10.1. The molecule has 0 aliphatic heterocycles. The van der Waals surface area contributed by atoms with Gasteiger partial charge in [-0.15, -0.1) is 0 Å². The van der Waals surface area contributed by atoms with E-state index in [-0.39, 0.29) is 0 Å². The zero-order valence-electron chi connectivity index (χ0n) is 8.47. The van der Waals surface area contributed by atoms with E-state index < -0.39 is 0 Å². The summed E-state index contributed by atoms with van der Waals surface area (Å²) in [5, 5.41) is 1.01. The predicted octanol–water partition coefficient (Wildman–Crippen LogP) is 3.12. The van der Waals surface area contributed by atoms with E-state index >= 15 is 0 Å². The molecule has 2 N–H and O–H groups in total. The second-order valence-electron chi connectivity index (χ2n) is 3.34. The number of benzene rings is 1. The highest BCUT2D eigenvalue weighted by molar-refractivity contribution is 7.99. The van der Waals surface area contributed by atoms with Crippen LogP contribution in [0.1, 0.15) is 5.56 Å². The lowest BCUT2D eigenvalue weighted by Crippen LogP contribution is -1.84. The van der Waals surface area contributed by atoms with Gasteiger partial charge in [-0.3, -0.25) is 0 Å². The highest BCUT2D eigenvalue weighted by Crippen LogP contribution is 2.26. The first-order valence-corrected chi connectivity index (χ1v) is 5.52. The van der Waals surface area contributed by atoms with Gasteiger partial charge in [0.2, 0.25) is 0 Å². The fourth-order valence-corrected chi connectivity index (χ4v) is 2.09. The lowest BCUT2D eigenvalue weighted by Gasteiger charge is -2.01.